The first-order valence-corrected chi connectivity index (χ1v) is 8.24. The lowest BCUT2D eigenvalue weighted by Gasteiger charge is -2.21. The van der Waals surface area contributed by atoms with Gasteiger partial charge >= 0.3 is 0 Å². The van der Waals surface area contributed by atoms with Crippen molar-refractivity contribution in [3.05, 3.63) is 24.3 Å². The van der Waals surface area contributed by atoms with E-state index in [9.17, 15) is 13.2 Å². The lowest BCUT2D eigenvalue weighted by molar-refractivity contribution is -0.123. The van der Waals surface area contributed by atoms with Gasteiger partial charge < -0.3 is 10.6 Å². The van der Waals surface area contributed by atoms with Crippen LogP contribution in [0.3, 0.4) is 0 Å². The second-order valence-electron chi connectivity index (χ2n) is 5.75. The maximum atomic E-state index is 12.2. The number of nitrogens with zero attached hydrogens (tertiary/aromatic N) is 1. The summed E-state index contributed by atoms with van der Waals surface area (Å²) in [6.07, 6.45) is 0.798. The molecule has 1 aliphatic heterocycles. The third-order valence-corrected chi connectivity index (χ3v) is 5.64. The summed E-state index contributed by atoms with van der Waals surface area (Å²) in [6.45, 7) is 3.42. The molecule has 2 rings (SSSR count). The fourth-order valence-electron chi connectivity index (χ4n) is 2.21. The summed E-state index contributed by atoms with van der Waals surface area (Å²) in [5.41, 5.74) is 0.194. The molecule has 0 aromatic heterocycles. The number of anilines is 1. The first kappa shape index (κ1) is 15.9. The Bertz CT molecular complexity index is 617. The Kier molecular flexibility index (Phi) is 4.36. The van der Waals surface area contributed by atoms with Gasteiger partial charge in [0.1, 0.15) is 0 Å². The summed E-state index contributed by atoms with van der Waals surface area (Å²) in [6, 6.07) is 6.22. The molecule has 116 valence electrons. The summed E-state index contributed by atoms with van der Waals surface area (Å²) >= 11 is 0. The molecule has 1 aliphatic rings. The number of hydrogen-bond acceptors (Lipinski definition) is 4. The molecule has 1 saturated heterocycles. The number of amides is 1. The van der Waals surface area contributed by atoms with Gasteiger partial charge in [0.25, 0.3) is 0 Å². The van der Waals surface area contributed by atoms with Crippen LogP contribution < -0.4 is 10.6 Å². The number of benzene rings is 1. The van der Waals surface area contributed by atoms with E-state index in [0.29, 0.717) is 12.2 Å². The molecule has 0 radical (unpaired) electrons. The Balaban J connectivity index is 2.12. The van der Waals surface area contributed by atoms with Gasteiger partial charge in [-0.05, 0) is 44.2 Å². The standard InChI is InChI=1S/C14H21N3O3S/c1-14(8-9-15-10-14)13(18)16-11-4-6-12(7-5-11)21(19,20)17(2)3/h4-7,15H,8-10H2,1-3H3,(H,16,18). The van der Waals surface area contributed by atoms with Crippen molar-refractivity contribution in [2.24, 2.45) is 5.41 Å². The normalized spacial score (nSPS) is 22.5. The minimum absolute atomic E-state index is 0.0456. The van der Waals surface area contributed by atoms with Gasteiger partial charge in [-0.25, -0.2) is 12.7 Å². The van der Waals surface area contributed by atoms with Crippen LogP contribution in [0.15, 0.2) is 29.2 Å². The maximum Gasteiger partial charge on any atom is 0.242 e. The molecule has 1 heterocycles. The van der Waals surface area contributed by atoms with E-state index in [2.05, 4.69) is 10.6 Å². The number of carbonyl (C=O) groups is 1. The minimum Gasteiger partial charge on any atom is -0.326 e. The monoisotopic (exact) mass is 311 g/mol. The zero-order valence-corrected chi connectivity index (χ0v) is 13.3. The molecule has 2 N–H and O–H groups in total. The zero-order chi connectivity index (χ0) is 15.7. The smallest absolute Gasteiger partial charge is 0.242 e. The first-order valence-electron chi connectivity index (χ1n) is 6.80. The van der Waals surface area contributed by atoms with Crippen LogP contribution in [0.5, 0.6) is 0 Å². The Morgan fingerprint density at radius 2 is 1.90 bits per heavy atom. The summed E-state index contributed by atoms with van der Waals surface area (Å²) in [5.74, 6) is -0.0456. The van der Waals surface area contributed by atoms with E-state index in [0.717, 1.165) is 17.3 Å². The van der Waals surface area contributed by atoms with Crippen LogP contribution in [0.4, 0.5) is 5.69 Å². The van der Waals surface area contributed by atoms with E-state index < -0.39 is 15.4 Å². The molecule has 1 unspecified atom stereocenters. The largest absolute Gasteiger partial charge is 0.326 e. The molecule has 0 aliphatic carbocycles. The van der Waals surface area contributed by atoms with Gasteiger partial charge in [-0.3, -0.25) is 4.79 Å². The highest BCUT2D eigenvalue weighted by atomic mass is 32.2. The molecule has 0 bridgehead atoms. The SMILES string of the molecule is CN(C)S(=O)(=O)c1ccc(NC(=O)C2(C)CCNC2)cc1. The number of hydrogen-bond donors (Lipinski definition) is 2. The Morgan fingerprint density at radius 1 is 1.29 bits per heavy atom. The highest BCUT2D eigenvalue weighted by Crippen LogP contribution is 2.26. The van der Waals surface area contributed by atoms with Crippen LogP contribution in [-0.2, 0) is 14.8 Å². The van der Waals surface area contributed by atoms with E-state index in [1.54, 1.807) is 12.1 Å². The van der Waals surface area contributed by atoms with E-state index in [4.69, 9.17) is 0 Å². The zero-order valence-electron chi connectivity index (χ0n) is 12.5. The molecule has 0 saturated carbocycles. The minimum atomic E-state index is -3.44. The fraction of sp³-hybridized carbons (Fsp3) is 0.500. The van der Waals surface area contributed by atoms with E-state index in [-0.39, 0.29) is 10.8 Å². The van der Waals surface area contributed by atoms with Crippen molar-refractivity contribution in [3.63, 3.8) is 0 Å². The summed E-state index contributed by atoms with van der Waals surface area (Å²) in [5, 5.41) is 6.02. The van der Waals surface area contributed by atoms with Gasteiger partial charge in [-0.1, -0.05) is 0 Å². The summed E-state index contributed by atoms with van der Waals surface area (Å²) < 4.78 is 25.1. The Labute approximate surface area is 125 Å². The molecule has 1 aromatic carbocycles. The van der Waals surface area contributed by atoms with Crippen molar-refractivity contribution >= 4 is 21.6 Å². The van der Waals surface area contributed by atoms with Gasteiger partial charge in [0.2, 0.25) is 15.9 Å². The topological polar surface area (TPSA) is 78.5 Å². The van der Waals surface area contributed by atoms with Crippen molar-refractivity contribution < 1.29 is 13.2 Å². The van der Waals surface area contributed by atoms with Crippen LogP contribution in [-0.4, -0.2) is 45.8 Å². The van der Waals surface area contributed by atoms with Gasteiger partial charge in [-0.15, -0.1) is 0 Å². The van der Waals surface area contributed by atoms with Crippen molar-refractivity contribution in [1.82, 2.24) is 9.62 Å². The summed E-state index contributed by atoms with van der Waals surface area (Å²) in [4.78, 5) is 12.5. The molecule has 21 heavy (non-hydrogen) atoms. The average molecular weight is 311 g/mol. The maximum absolute atomic E-state index is 12.2. The van der Waals surface area contributed by atoms with Crippen LogP contribution in [0, 0.1) is 5.41 Å². The van der Waals surface area contributed by atoms with Crippen LogP contribution in [0.2, 0.25) is 0 Å². The van der Waals surface area contributed by atoms with Gasteiger partial charge in [0.05, 0.1) is 10.3 Å². The van der Waals surface area contributed by atoms with Gasteiger partial charge in [0, 0.05) is 26.3 Å². The highest BCUT2D eigenvalue weighted by molar-refractivity contribution is 7.89. The van der Waals surface area contributed by atoms with Crippen LogP contribution in [0.25, 0.3) is 0 Å². The number of nitrogens with one attached hydrogen (secondary N) is 2. The van der Waals surface area contributed by atoms with E-state index >= 15 is 0 Å². The quantitative estimate of drug-likeness (QED) is 0.865. The van der Waals surface area contributed by atoms with Gasteiger partial charge in [0.15, 0.2) is 0 Å². The summed E-state index contributed by atoms with van der Waals surface area (Å²) in [7, 11) is -0.469. The molecule has 7 heteroatoms. The second kappa shape index (κ2) is 5.75. The molecule has 6 nitrogen and oxygen atoms in total. The third kappa shape index (κ3) is 3.25. The van der Waals surface area contributed by atoms with Crippen LogP contribution >= 0.6 is 0 Å². The molecule has 1 atom stereocenters. The molecular weight excluding hydrogens is 290 g/mol. The first-order chi connectivity index (χ1) is 9.75. The van der Waals surface area contributed by atoms with Crippen molar-refractivity contribution in [1.29, 1.82) is 0 Å². The number of carbonyl (C=O) groups excluding carboxylic acids is 1. The van der Waals surface area contributed by atoms with Crippen molar-refractivity contribution in [2.45, 2.75) is 18.2 Å². The number of rotatable bonds is 4. The molecule has 1 amide bonds. The molecule has 1 fully saturated rings. The predicted molar refractivity (Wildman–Crippen MR) is 81.5 cm³/mol. The Morgan fingerprint density at radius 3 is 2.38 bits per heavy atom. The fourth-order valence-corrected chi connectivity index (χ4v) is 3.12. The van der Waals surface area contributed by atoms with Crippen LogP contribution in [0.1, 0.15) is 13.3 Å². The lowest BCUT2D eigenvalue weighted by Crippen LogP contribution is -2.35. The molecule has 1 aromatic rings. The van der Waals surface area contributed by atoms with E-state index in [1.807, 2.05) is 6.92 Å². The van der Waals surface area contributed by atoms with Crippen molar-refractivity contribution in [3.8, 4) is 0 Å². The average Bonchev–Trinajstić information content (AvgIpc) is 2.87. The van der Waals surface area contributed by atoms with E-state index in [1.165, 1.54) is 26.2 Å². The third-order valence-electron chi connectivity index (χ3n) is 3.81. The predicted octanol–water partition coefficient (Wildman–Crippen LogP) is 0.875. The Hall–Kier alpha value is -1.44. The molecular formula is C14H21N3O3S. The number of sulfonamides is 1. The van der Waals surface area contributed by atoms with Gasteiger partial charge in [-0.2, -0.15) is 0 Å². The van der Waals surface area contributed by atoms with Crippen molar-refractivity contribution in [2.75, 3.05) is 32.5 Å². The molecule has 0 spiro atoms. The lowest BCUT2D eigenvalue weighted by atomic mass is 9.89. The second-order valence-corrected chi connectivity index (χ2v) is 7.91. The highest BCUT2D eigenvalue weighted by Gasteiger charge is 2.36.